The zero-order valence-corrected chi connectivity index (χ0v) is 19.0. The molecule has 1 N–H and O–H groups in total. The minimum absolute atomic E-state index is 0.0988. The number of amides is 1. The first-order valence-corrected chi connectivity index (χ1v) is 11.2. The minimum atomic E-state index is -2.80. The Hall–Kier alpha value is -3.83. The maximum Gasteiger partial charge on any atom is 0.244 e. The Kier molecular flexibility index (Phi) is 5.25. The van der Waals surface area contributed by atoms with E-state index in [1.807, 2.05) is 24.3 Å². The van der Waals surface area contributed by atoms with Crippen LogP contribution in [0.3, 0.4) is 0 Å². The Bertz CT molecular complexity index is 1470. The van der Waals surface area contributed by atoms with Crippen molar-refractivity contribution >= 4 is 28.4 Å². The quantitative estimate of drug-likeness (QED) is 0.428. The van der Waals surface area contributed by atoms with Gasteiger partial charge in [0.15, 0.2) is 0 Å². The van der Waals surface area contributed by atoms with Crippen LogP contribution in [0, 0.1) is 0 Å². The Labute approximate surface area is 204 Å². The van der Waals surface area contributed by atoms with Gasteiger partial charge in [-0.05, 0) is 36.6 Å². The molecule has 0 spiro atoms. The topological polar surface area (TPSA) is 102 Å². The van der Waals surface area contributed by atoms with Gasteiger partial charge in [-0.25, -0.2) is 13.6 Å². The number of nitrogens with zero attached hydrogens (tertiary/aromatic N) is 7. The molecule has 10 nitrogen and oxygen atoms in total. The van der Waals surface area contributed by atoms with Crippen molar-refractivity contribution in [3.8, 4) is 17.0 Å². The minimum Gasteiger partial charge on any atom is -0.479 e. The number of carbonyl (C=O) groups excluding carboxylic acids is 1. The molecule has 35 heavy (non-hydrogen) atoms. The molecule has 1 amide bonds. The molecular formula is C23H26F2N8O2. The number of aromatic nitrogens is 6. The van der Waals surface area contributed by atoms with Gasteiger partial charge in [-0.2, -0.15) is 4.98 Å². The second kappa shape index (κ2) is 9.43. The molecule has 184 valence electrons. The van der Waals surface area contributed by atoms with Crippen LogP contribution in [0.4, 0.5) is 14.7 Å². The predicted molar refractivity (Wildman–Crippen MR) is 126 cm³/mol. The highest BCUT2D eigenvalue weighted by Gasteiger charge is 2.31. The highest BCUT2D eigenvalue weighted by Crippen LogP contribution is 2.33. The summed E-state index contributed by atoms with van der Waals surface area (Å²) in [6, 6.07) is 6.77. The van der Waals surface area contributed by atoms with Crippen LogP contribution in [-0.2, 0) is 11.3 Å². The molecule has 0 saturated carbocycles. The molecule has 2 atom stereocenters. The largest absolute Gasteiger partial charge is 0.479 e. The number of rotatable bonds is 7. The first-order chi connectivity index (χ1) is 18.2. The first-order valence-electron chi connectivity index (χ1n) is 12.7. The molecule has 1 aliphatic heterocycles. The normalized spacial score (nSPS) is 20.0. The second-order valence-corrected chi connectivity index (χ2v) is 8.33. The summed E-state index contributed by atoms with van der Waals surface area (Å²) < 4.78 is 58.2. The number of methoxy groups -OCH3 is 1. The van der Waals surface area contributed by atoms with E-state index in [0.29, 0.717) is 24.0 Å². The molecule has 3 aromatic heterocycles. The molecule has 1 aliphatic rings. The molecule has 1 aromatic carbocycles. The van der Waals surface area contributed by atoms with Crippen molar-refractivity contribution in [1.29, 1.82) is 0 Å². The van der Waals surface area contributed by atoms with Crippen molar-refractivity contribution in [3.05, 3.63) is 30.5 Å². The van der Waals surface area contributed by atoms with E-state index < -0.39 is 31.6 Å². The van der Waals surface area contributed by atoms with Gasteiger partial charge in [-0.1, -0.05) is 11.3 Å². The van der Waals surface area contributed by atoms with E-state index in [9.17, 15) is 13.6 Å². The molecule has 4 heterocycles. The zero-order chi connectivity index (χ0) is 27.0. The molecule has 1 saturated heterocycles. The van der Waals surface area contributed by atoms with Crippen LogP contribution in [-0.4, -0.2) is 79.5 Å². The third kappa shape index (κ3) is 4.35. The highest BCUT2D eigenvalue weighted by molar-refractivity contribution is 5.89. The number of fused-ring (bicyclic) bond motifs is 2. The van der Waals surface area contributed by atoms with Crippen LogP contribution >= 0.6 is 0 Å². The fourth-order valence-corrected chi connectivity index (χ4v) is 4.35. The SMILES string of the molecule is [2H]C([2H])([2H])C(=O)N1CC[C@H](Nc2nc(OC)c3c(-c4ccc5nnn(CCCF)c5c4)ccn3n2)[C@H](F)C1. The maximum absolute atomic E-state index is 14.9. The lowest BCUT2D eigenvalue weighted by molar-refractivity contribution is -0.131. The van der Waals surface area contributed by atoms with E-state index in [-0.39, 0.29) is 31.3 Å². The fourth-order valence-electron chi connectivity index (χ4n) is 4.35. The van der Waals surface area contributed by atoms with Crippen molar-refractivity contribution in [3.63, 3.8) is 0 Å². The summed E-state index contributed by atoms with van der Waals surface area (Å²) in [5.41, 5.74) is 3.67. The van der Waals surface area contributed by atoms with Gasteiger partial charge in [0, 0.05) is 35.8 Å². The summed E-state index contributed by atoms with van der Waals surface area (Å²) >= 11 is 0. The number of hydrogen-bond acceptors (Lipinski definition) is 7. The smallest absolute Gasteiger partial charge is 0.244 e. The Morgan fingerprint density at radius 2 is 2.26 bits per heavy atom. The third-order valence-corrected chi connectivity index (χ3v) is 6.14. The van der Waals surface area contributed by atoms with Crippen LogP contribution in [0.15, 0.2) is 30.5 Å². The number of carbonyl (C=O) groups is 1. The summed E-state index contributed by atoms with van der Waals surface area (Å²) in [5.74, 6) is -0.668. The van der Waals surface area contributed by atoms with Gasteiger partial charge in [-0.3, -0.25) is 9.18 Å². The molecule has 1 fully saturated rings. The van der Waals surface area contributed by atoms with Crippen LogP contribution in [0.5, 0.6) is 5.88 Å². The number of benzene rings is 1. The Morgan fingerprint density at radius 3 is 3.03 bits per heavy atom. The first kappa shape index (κ1) is 19.5. The molecule has 12 heteroatoms. The number of piperidine rings is 1. The number of likely N-dealkylation sites (tertiary alicyclic amines) is 1. The number of nitrogens with one attached hydrogen (secondary N) is 1. The zero-order valence-electron chi connectivity index (χ0n) is 22.0. The van der Waals surface area contributed by atoms with Gasteiger partial charge in [0.05, 0.1) is 31.9 Å². The summed E-state index contributed by atoms with van der Waals surface area (Å²) in [6.07, 6.45) is 0.744. The van der Waals surface area contributed by atoms with Gasteiger partial charge in [-0.15, -0.1) is 10.2 Å². The van der Waals surface area contributed by atoms with Gasteiger partial charge < -0.3 is 15.0 Å². The lowest BCUT2D eigenvalue weighted by Crippen LogP contribution is -2.49. The molecule has 0 unspecified atom stereocenters. The maximum atomic E-state index is 14.9. The Morgan fingerprint density at radius 1 is 1.37 bits per heavy atom. The average molecular weight is 488 g/mol. The number of alkyl halides is 2. The molecule has 0 aliphatic carbocycles. The molecular weight excluding hydrogens is 458 g/mol. The van der Waals surface area contributed by atoms with E-state index in [4.69, 9.17) is 8.85 Å². The summed E-state index contributed by atoms with van der Waals surface area (Å²) in [6.45, 7) is -3.07. The van der Waals surface area contributed by atoms with E-state index in [1.165, 1.54) is 7.11 Å². The van der Waals surface area contributed by atoms with Crippen LogP contribution < -0.4 is 10.1 Å². The van der Waals surface area contributed by atoms with Gasteiger partial charge in [0.2, 0.25) is 17.7 Å². The van der Waals surface area contributed by atoms with Crippen molar-refractivity contribution < 1.29 is 22.4 Å². The summed E-state index contributed by atoms with van der Waals surface area (Å²) in [7, 11) is 1.47. The standard InChI is InChI=1S/C23H26F2N8O2/c1-14(34)31-10-7-18(17(25)13-31)26-23-27-22(35-2)21-16(6-11-33(21)29-23)15-4-5-19-20(12-15)32(30-28-19)9-3-8-24/h4-6,11-12,17-18H,3,7-10,13H2,1-2H3,(H,26,29)/t17-,18+/m1/s1/i1D3. The van der Waals surface area contributed by atoms with Gasteiger partial charge in [0.25, 0.3) is 0 Å². The van der Waals surface area contributed by atoms with Crippen molar-refractivity contribution in [2.24, 2.45) is 0 Å². The number of hydrogen-bond donors (Lipinski definition) is 1. The number of anilines is 1. The third-order valence-electron chi connectivity index (χ3n) is 6.14. The summed E-state index contributed by atoms with van der Waals surface area (Å²) in [5, 5.41) is 15.7. The molecule has 5 rings (SSSR count). The molecule has 0 radical (unpaired) electrons. The monoisotopic (exact) mass is 487 g/mol. The van der Waals surface area contributed by atoms with E-state index >= 15 is 0 Å². The lowest BCUT2D eigenvalue weighted by Gasteiger charge is -2.34. The van der Waals surface area contributed by atoms with E-state index in [0.717, 1.165) is 21.5 Å². The van der Waals surface area contributed by atoms with E-state index in [2.05, 4.69) is 25.7 Å². The van der Waals surface area contributed by atoms with Crippen LogP contribution in [0.1, 0.15) is 23.8 Å². The number of ether oxygens (including phenoxy) is 1. The summed E-state index contributed by atoms with van der Waals surface area (Å²) in [4.78, 5) is 17.5. The predicted octanol–water partition coefficient (Wildman–Crippen LogP) is 2.88. The van der Waals surface area contributed by atoms with E-state index in [1.54, 1.807) is 15.4 Å². The second-order valence-electron chi connectivity index (χ2n) is 8.33. The fraction of sp³-hybridized carbons (Fsp3) is 0.435. The average Bonchev–Trinajstić information content (AvgIpc) is 3.51. The van der Waals surface area contributed by atoms with Gasteiger partial charge >= 0.3 is 0 Å². The van der Waals surface area contributed by atoms with Gasteiger partial charge in [0.1, 0.15) is 17.2 Å². The van der Waals surface area contributed by atoms with Crippen molar-refractivity contribution in [2.75, 3.05) is 32.2 Å². The Balaban J connectivity index is 1.40. The van der Waals surface area contributed by atoms with Crippen LogP contribution in [0.25, 0.3) is 27.7 Å². The molecule has 4 aromatic rings. The highest BCUT2D eigenvalue weighted by atomic mass is 19.1. The van der Waals surface area contributed by atoms with Crippen LogP contribution in [0.2, 0.25) is 0 Å². The number of halogens is 2. The van der Waals surface area contributed by atoms with Crippen molar-refractivity contribution in [1.82, 2.24) is 34.5 Å². The lowest BCUT2D eigenvalue weighted by atomic mass is 10.0. The molecule has 0 bridgehead atoms. The number of aryl methyl sites for hydroxylation is 1. The van der Waals surface area contributed by atoms with Crippen molar-refractivity contribution in [2.45, 2.75) is 38.5 Å².